The molecule has 1 aliphatic heterocycles. The number of nitro groups is 1. The first-order chi connectivity index (χ1) is 10.0. The molecule has 0 aromatic carbocycles. The molecular weight excluding hydrogens is 274 g/mol. The van der Waals surface area contributed by atoms with E-state index in [1.807, 2.05) is 6.92 Å². The van der Waals surface area contributed by atoms with Gasteiger partial charge in [-0.15, -0.1) is 0 Å². The SMILES string of the molecule is CCCn1nc(C)c([N+](=O)[O-])c1NCC(=O)N1CCCC1. The summed E-state index contributed by atoms with van der Waals surface area (Å²) in [7, 11) is 0. The van der Waals surface area contributed by atoms with E-state index in [1.54, 1.807) is 16.5 Å². The van der Waals surface area contributed by atoms with Crippen molar-refractivity contribution in [2.75, 3.05) is 25.0 Å². The molecule has 1 N–H and O–H groups in total. The van der Waals surface area contributed by atoms with Crippen LogP contribution in [0.1, 0.15) is 31.9 Å². The molecule has 1 fully saturated rings. The Balaban J connectivity index is 2.13. The molecule has 1 saturated heterocycles. The van der Waals surface area contributed by atoms with Gasteiger partial charge in [-0.2, -0.15) is 5.10 Å². The van der Waals surface area contributed by atoms with E-state index in [2.05, 4.69) is 10.4 Å². The third-order valence-electron chi connectivity index (χ3n) is 3.58. The average Bonchev–Trinajstić information content (AvgIpc) is 3.04. The smallest absolute Gasteiger partial charge is 0.333 e. The maximum Gasteiger partial charge on any atom is 0.333 e. The summed E-state index contributed by atoms with van der Waals surface area (Å²) in [4.78, 5) is 24.6. The Bertz CT molecular complexity index is 534. The molecule has 8 nitrogen and oxygen atoms in total. The van der Waals surface area contributed by atoms with E-state index in [9.17, 15) is 14.9 Å². The quantitative estimate of drug-likeness (QED) is 0.634. The zero-order valence-electron chi connectivity index (χ0n) is 12.5. The van der Waals surface area contributed by atoms with Crippen molar-refractivity contribution in [3.63, 3.8) is 0 Å². The molecule has 1 aliphatic rings. The minimum atomic E-state index is -0.447. The second-order valence-electron chi connectivity index (χ2n) is 5.20. The van der Waals surface area contributed by atoms with Gasteiger partial charge >= 0.3 is 5.69 Å². The van der Waals surface area contributed by atoms with Crippen molar-refractivity contribution in [3.05, 3.63) is 15.8 Å². The average molecular weight is 295 g/mol. The molecule has 0 bridgehead atoms. The van der Waals surface area contributed by atoms with Crippen molar-refractivity contribution in [2.24, 2.45) is 0 Å². The van der Waals surface area contributed by atoms with Crippen LogP contribution in [0.15, 0.2) is 0 Å². The minimum absolute atomic E-state index is 0.0244. The fourth-order valence-electron chi connectivity index (χ4n) is 2.58. The number of carbonyl (C=O) groups is 1. The number of amides is 1. The summed E-state index contributed by atoms with van der Waals surface area (Å²) >= 11 is 0. The second-order valence-corrected chi connectivity index (χ2v) is 5.20. The number of hydrogen-bond donors (Lipinski definition) is 1. The predicted molar refractivity (Wildman–Crippen MR) is 78.2 cm³/mol. The Labute approximate surface area is 123 Å². The summed E-state index contributed by atoms with van der Waals surface area (Å²) in [6, 6.07) is 0. The third-order valence-corrected chi connectivity index (χ3v) is 3.58. The Morgan fingerprint density at radius 3 is 2.67 bits per heavy atom. The first kappa shape index (κ1) is 15.3. The van der Waals surface area contributed by atoms with Crippen molar-refractivity contribution in [2.45, 2.75) is 39.7 Å². The van der Waals surface area contributed by atoms with Gasteiger partial charge < -0.3 is 10.2 Å². The number of rotatable bonds is 6. The Morgan fingerprint density at radius 2 is 2.10 bits per heavy atom. The molecule has 1 amide bonds. The van der Waals surface area contributed by atoms with Gasteiger partial charge in [-0.05, 0) is 26.2 Å². The van der Waals surface area contributed by atoms with E-state index in [4.69, 9.17) is 0 Å². The van der Waals surface area contributed by atoms with Gasteiger partial charge in [0.05, 0.1) is 11.5 Å². The van der Waals surface area contributed by atoms with Gasteiger partial charge in [0, 0.05) is 19.6 Å². The van der Waals surface area contributed by atoms with E-state index >= 15 is 0 Å². The van der Waals surface area contributed by atoms with Gasteiger partial charge in [0.15, 0.2) is 0 Å². The number of anilines is 1. The first-order valence-corrected chi connectivity index (χ1v) is 7.28. The van der Waals surface area contributed by atoms with Crippen molar-refractivity contribution in [1.29, 1.82) is 0 Å². The van der Waals surface area contributed by atoms with Crippen LogP contribution in [0.5, 0.6) is 0 Å². The molecule has 2 rings (SSSR count). The van der Waals surface area contributed by atoms with Crippen LogP contribution >= 0.6 is 0 Å². The van der Waals surface area contributed by atoms with Gasteiger partial charge in [-0.25, -0.2) is 4.68 Å². The Hall–Kier alpha value is -2.12. The van der Waals surface area contributed by atoms with E-state index in [1.165, 1.54) is 0 Å². The molecule has 0 aliphatic carbocycles. The topological polar surface area (TPSA) is 93.3 Å². The van der Waals surface area contributed by atoms with Crippen LogP contribution in [-0.4, -0.2) is 45.1 Å². The zero-order chi connectivity index (χ0) is 15.4. The molecule has 1 aromatic heterocycles. The van der Waals surface area contributed by atoms with Crippen molar-refractivity contribution >= 4 is 17.4 Å². The van der Waals surface area contributed by atoms with Crippen LogP contribution < -0.4 is 5.32 Å². The molecule has 0 radical (unpaired) electrons. The van der Waals surface area contributed by atoms with Crippen molar-refractivity contribution in [3.8, 4) is 0 Å². The van der Waals surface area contributed by atoms with Crippen LogP contribution in [0.3, 0.4) is 0 Å². The van der Waals surface area contributed by atoms with Gasteiger partial charge in [-0.1, -0.05) is 6.92 Å². The number of nitrogens with one attached hydrogen (secondary N) is 1. The largest absolute Gasteiger partial charge is 0.355 e. The highest BCUT2D eigenvalue weighted by Gasteiger charge is 2.26. The molecule has 2 heterocycles. The summed E-state index contributed by atoms with van der Waals surface area (Å²) in [5.41, 5.74) is 0.322. The summed E-state index contributed by atoms with van der Waals surface area (Å²) in [5.74, 6) is 0.301. The van der Waals surface area contributed by atoms with Crippen LogP contribution in [0, 0.1) is 17.0 Å². The molecule has 0 saturated carbocycles. The predicted octanol–water partition coefficient (Wildman–Crippen LogP) is 1.54. The zero-order valence-corrected chi connectivity index (χ0v) is 12.5. The highest BCUT2D eigenvalue weighted by Crippen LogP contribution is 2.28. The fraction of sp³-hybridized carbons (Fsp3) is 0.692. The fourth-order valence-corrected chi connectivity index (χ4v) is 2.58. The number of aryl methyl sites for hydroxylation is 2. The molecule has 116 valence electrons. The monoisotopic (exact) mass is 295 g/mol. The summed E-state index contributed by atoms with van der Waals surface area (Å²) in [6.07, 6.45) is 2.87. The highest BCUT2D eigenvalue weighted by atomic mass is 16.6. The number of aromatic nitrogens is 2. The molecule has 8 heteroatoms. The van der Waals surface area contributed by atoms with Gasteiger partial charge in [0.2, 0.25) is 11.7 Å². The number of carbonyl (C=O) groups excluding carboxylic acids is 1. The lowest BCUT2D eigenvalue weighted by atomic mass is 10.3. The van der Waals surface area contributed by atoms with Gasteiger partial charge in [0.1, 0.15) is 5.69 Å². The standard InChI is InChI=1S/C13H21N5O3/c1-3-6-17-13(12(18(20)21)10(2)15-17)14-9-11(19)16-7-4-5-8-16/h14H,3-9H2,1-2H3. The minimum Gasteiger partial charge on any atom is -0.355 e. The van der Waals surface area contributed by atoms with Crippen molar-refractivity contribution < 1.29 is 9.72 Å². The lowest BCUT2D eigenvalue weighted by Gasteiger charge is -2.16. The number of hydrogen-bond acceptors (Lipinski definition) is 5. The van der Waals surface area contributed by atoms with Gasteiger partial charge in [-0.3, -0.25) is 14.9 Å². The number of nitrogens with zero attached hydrogens (tertiary/aromatic N) is 4. The molecule has 21 heavy (non-hydrogen) atoms. The van der Waals surface area contributed by atoms with Gasteiger partial charge in [0.25, 0.3) is 0 Å². The van der Waals surface area contributed by atoms with Crippen molar-refractivity contribution in [1.82, 2.24) is 14.7 Å². The molecule has 1 aromatic rings. The van der Waals surface area contributed by atoms with E-state index in [0.717, 1.165) is 32.4 Å². The lowest BCUT2D eigenvalue weighted by molar-refractivity contribution is -0.384. The summed E-state index contributed by atoms with van der Waals surface area (Å²) in [6.45, 7) is 5.77. The van der Waals surface area contributed by atoms with Crippen LogP contribution in [0.2, 0.25) is 0 Å². The molecule has 0 atom stereocenters. The Morgan fingerprint density at radius 1 is 1.43 bits per heavy atom. The second kappa shape index (κ2) is 6.55. The summed E-state index contributed by atoms with van der Waals surface area (Å²) in [5, 5.41) is 18.3. The maximum absolute atomic E-state index is 12.0. The summed E-state index contributed by atoms with van der Waals surface area (Å²) < 4.78 is 1.57. The van der Waals surface area contributed by atoms with Crippen LogP contribution in [-0.2, 0) is 11.3 Å². The van der Waals surface area contributed by atoms with E-state index < -0.39 is 4.92 Å². The normalized spacial score (nSPS) is 14.5. The highest BCUT2D eigenvalue weighted by molar-refractivity contribution is 5.81. The Kier molecular flexibility index (Phi) is 4.77. The van der Waals surface area contributed by atoms with Crippen LogP contribution in [0.25, 0.3) is 0 Å². The van der Waals surface area contributed by atoms with E-state index in [-0.39, 0.29) is 18.1 Å². The van der Waals surface area contributed by atoms with Crippen LogP contribution in [0.4, 0.5) is 11.5 Å². The first-order valence-electron chi connectivity index (χ1n) is 7.28. The third kappa shape index (κ3) is 3.32. The lowest BCUT2D eigenvalue weighted by Crippen LogP contribution is -2.33. The molecule has 0 unspecified atom stereocenters. The molecular formula is C13H21N5O3. The van der Waals surface area contributed by atoms with E-state index in [0.29, 0.717) is 18.1 Å². The maximum atomic E-state index is 12.0. The molecule has 0 spiro atoms. The number of likely N-dealkylation sites (tertiary alicyclic amines) is 1.